The SMILES string of the molecule is COc1ccc(CC2(N)C=C(c3ccncc3N)C=C(C(F)(F)F)N2)cc1OC. The molecule has 0 aliphatic carbocycles. The van der Waals surface area contributed by atoms with Gasteiger partial charge in [0.1, 0.15) is 11.4 Å². The van der Waals surface area contributed by atoms with E-state index in [9.17, 15) is 13.2 Å². The van der Waals surface area contributed by atoms with Gasteiger partial charge in [0.15, 0.2) is 11.5 Å². The van der Waals surface area contributed by atoms with Gasteiger partial charge in [0.2, 0.25) is 0 Å². The van der Waals surface area contributed by atoms with Gasteiger partial charge in [0.05, 0.1) is 26.1 Å². The molecular formula is C20H21F3N4O2. The number of methoxy groups -OCH3 is 2. The number of hydrogen-bond acceptors (Lipinski definition) is 6. The molecule has 3 rings (SSSR count). The molecular weight excluding hydrogens is 385 g/mol. The number of nitrogens with two attached hydrogens (primary N) is 2. The highest BCUT2D eigenvalue weighted by atomic mass is 19.4. The fraction of sp³-hybridized carbons (Fsp3) is 0.250. The Labute approximate surface area is 166 Å². The molecule has 1 aromatic carbocycles. The molecule has 2 heterocycles. The highest BCUT2D eigenvalue weighted by Crippen LogP contribution is 2.36. The Bertz CT molecular complexity index is 972. The van der Waals surface area contributed by atoms with Crippen LogP contribution in [0.3, 0.4) is 0 Å². The molecule has 2 aromatic rings. The smallest absolute Gasteiger partial charge is 0.430 e. The molecule has 1 aliphatic heterocycles. The molecule has 5 N–H and O–H groups in total. The number of ether oxygens (including phenoxy) is 2. The molecule has 0 radical (unpaired) electrons. The summed E-state index contributed by atoms with van der Waals surface area (Å²) in [6.07, 6.45) is 0.822. The number of hydrogen-bond donors (Lipinski definition) is 3. The lowest BCUT2D eigenvalue weighted by Gasteiger charge is -2.35. The monoisotopic (exact) mass is 406 g/mol. The highest BCUT2D eigenvalue weighted by Gasteiger charge is 2.40. The van der Waals surface area contributed by atoms with E-state index in [1.807, 2.05) is 0 Å². The highest BCUT2D eigenvalue weighted by molar-refractivity contribution is 5.83. The summed E-state index contributed by atoms with van der Waals surface area (Å²) in [6, 6.07) is 6.62. The third-order valence-electron chi connectivity index (χ3n) is 4.49. The predicted molar refractivity (Wildman–Crippen MR) is 104 cm³/mol. The molecule has 1 unspecified atom stereocenters. The van der Waals surface area contributed by atoms with E-state index >= 15 is 0 Å². The molecule has 1 atom stereocenters. The van der Waals surface area contributed by atoms with Crippen molar-refractivity contribution in [1.29, 1.82) is 0 Å². The Morgan fingerprint density at radius 2 is 1.86 bits per heavy atom. The lowest BCUT2D eigenvalue weighted by atomic mass is 9.90. The largest absolute Gasteiger partial charge is 0.493 e. The lowest BCUT2D eigenvalue weighted by molar-refractivity contribution is -0.0990. The molecule has 6 nitrogen and oxygen atoms in total. The summed E-state index contributed by atoms with van der Waals surface area (Å²) >= 11 is 0. The molecule has 0 saturated carbocycles. The van der Waals surface area contributed by atoms with Crippen molar-refractivity contribution in [2.24, 2.45) is 5.73 Å². The maximum atomic E-state index is 13.5. The number of benzene rings is 1. The van der Waals surface area contributed by atoms with Gasteiger partial charge in [-0.25, -0.2) is 0 Å². The van der Waals surface area contributed by atoms with Crippen molar-refractivity contribution >= 4 is 11.3 Å². The van der Waals surface area contributed by atoms with E-state index in [0.717, 1.165) is 6.08 Å². The number of dihydropyridines is 1. The van der Waals surface area contributed by atoms with E-state index < -0.39 is 17.5 Å². The average molecular weight is 406 g/mol. The van der Waals surface area contributed by atoms with Crippen molar-refractivity contribution in [2.45, 2.75) is 18.3 Å². The van der Waals surface area contributed by atoms with E-state index in [1.165, 1.54) is 32.7 Å². The Morgan fingerprint density at radius 3 is 2.48 bits per heavy atom. The van der Waals surface area contributed by atoms with Crippen LogP contribution in [0.1, 0.15) is 11.1 Å². The minimum Gasteiger partial charge on any atom is -0.493 e. The number of aromatic nitrogens is 1. The summed E-state index contributed by atoms with van der Waals surface area (Å²) in [5, 5.41) is 2.41. The third-order valence-corrected chi connectivity index (χ3v) is 4.49. The fourth-order valence-corrected chi connectivity index (χ4v) is 3.20. The van der Waals surface area contributed by atoms with Crippen molar-refractivity contribution in [3.05, 3.63) is 65.6 Å². The van der Waals surface area contributed by atoms with Gasteiger partial charge in [-0.3, -0.25) is 4.98 Å². The number of anilines is 1. The summed E-state index contributed by atoms with van der Waals surface area (Å²) in [5.74, 6) is 0.967. The standard InChI is InChI=1S/C20H21F3N4O2/c1-28-16-4-3-12(7-17(16)29-2)9-19(25)10-13(8-18(27-19)20(21,22)23)14-5-6-26-11-15(14)24/h3-8,10-11,27H,9,24-25H2,1-2H3. The Morgan fingerprint density at radius 1 is 1.14 bits per heavy atom. The minimum atomic E-state index is -4.61. The number of nitrogens with zero attached hydrogens (tertiary/aromatic N) is 1. The zero-order valence-corrected chi connectivity index (χ0v) is 15.9. The summed E-state index contributed by atoms with van der Waals surface area (Å²) < 4.78 is 51.1. The summed E-state index contributed by atoms with van der Waals surface area (Å²) in [6.45, 7) is 0. The first kappa shape index (κ1) is 20.5. The number of nitrogens with one attached hydrogen (secondary N) is 1. The van der Waals surface area contributed by atoms with Crippen molar-refractivity contribution in [1.82, 2.24) is 10.3 Å². The zero-order valence-electron chi connectivity index (χ0n) is 15.9. The third kappa shape index (κ3) is 4.45. The van der Waals surface area contributed by atoms with Gasteiger partial charge in [-0.05, 0) is 41.5 Å². The van der Waals surface area contributed by atoms with E-state index in [0.29, 0.717) is 22.6 Å². The molecule has 1 aliphatic rings. The normalized spacial score (nSPS) is 19.1. The molecule has 29 heavy (non-hydrogen) atoms. The first-order valence-electron chi connectivity index (χ1n) is 8.65. The number of nitrogen functional groups attached to an aromatic ring is 1. The van der Waals surface area contributed by atoms with E-state index in [2.05, 4.69) is 10.3 Å². The van der Waals surface area contributed by atoms with E-state index in [-0.39, 0.29) is 17.7 Å². The molecule has 0 spiro atoms. The van der Waals surface area contributed by atoms with Gasteiger partial charge in [-0.2, -0.15) is 13.2 Å². The summed E-state index contributed by atoms with van der Waals surface area (Å²) in [7, 11) is 2.98. The van der Waals surface area contributed by atoms with E-state index in [4.69, 9.17) is 20.9 Å². The summed E-state index contributed by atoms with van der Waals surface area (Å²) in [4.78, 5) is 3.88. The molecule has 154 valence electrons. The lowest BCUT2D eigenvalue weighted by Crippen LogP contribution is -2.56. The van der Waals surface area contributed by atoms with Gasteiger partial charge in [0.25, 0.3) is 0 Å². The maximum Gasteiger partial charge on any atom is 0.430 e. The van der Waals surface area contributed by atoms with Gasteiger partial charge < -0.3 is 26.3 Å². The molecule has 9 heteroatoms. The first-order valence-corrected chi connectivity index (χ1v) is 8.65. The van der Waals surface area contributed by atoms with Crippen molar-refractivity contribution in [2.75, 3.05) is 20.0 Å². The van der Waals surface area contributed by atoms with Gasteiger partial charge in [-0.15, -0.1) is 0 Å². The van der Waals surface area contributed by atoms with Crippen LogP contribution in [0.15, 0.2) is 54.5 Å². The molecule has 0 fully saturated rings. The van der Waals surface area contributed by atoms with Crippen LogP contribution < -0.4 is 26.3 Å². The first-order chi connectivity index (χ1) is 13.6. The summed E-state index contributed by atoms with van der Waals surface area (Å²) in [5.41, 5.74) is 11.4. The number of rotatable bonds is 5. The van der Waals surface area contributed by atoms with Crippen molar-refractivity contribution in [3.63, 3.8) is 0 Å². The topological polar surface area (TPSA) is 95.4 Å². The number of allylic oxidation sites excluding steroid dienone is 3. The molecule has 1 aromatic heterocycles. The maximum absolute atomic E-state index is 13.5. The van der Waals surface area contributed by atoms with Crippen LogP contribution in [-0.4, -0.2) is 31.0 Å². The van der Waals surface area contributed by atoms with Crippen molar-refractivity contribution in [3.8, 4) is 11.5 Å². The van der Waals surface area contributed by atoms with Crippen LogP contribution in [-0.2, 0) is 6.42 Å². The quantitative estimate of drug-likeness (QED) is 0.707. The van der Waals surface area contributed by atoms with Crippen LogP contribution in [0.4, 0.5) is 18.9 Å². The Balaban J connectivity index is 2.03. The van der Waals surface area contributed by atoms with Gasteiger partial charge >= 0.3 is 6.18 Å². The van der Waals surface area contributed by atoms with Crippen LogP contribution in [0.2, 0.25) is 0 Å². The second kappa shape index (κ2) is 7.67. The van der Waals surface area contributed by atoms with Crippen molar-refractivity contribution < 1.29 is 22.6 Å². The second-order valence-electron chi connectivity index (χ2n) is 6.65. The molecule has 0 amide bonds. The Kier molecular flexibility index (Phi) is 5.43. The predicted octanol–water partition coefficient (Wildman–Crippen LogP) is 3.01. The average Bonchev–Trinajstić information content (AvgIpc) is 2.66. The second-order valence-corrected chi connectivity index (χ2v) is 6.65. The number of alkyl halides is 3. The van der Waals surface area contributed by atoms with Crippen LogP contribution in [0.5, 0.6) is 11.5 Å². The molecule has 0 bridgehead atoms. The Hall–Kier alpha value is -3.20. The number of pyridine rings is 1. The van der Waals surface area contributed by atoms with Crippen LogP contribution in [0, 0.1) is 0 Å². The molecule has 0 saturated heterocycles. The zero-order chi connectivity index (χ0) is 21.2. The van der Waals surface area contributed by atoms with E-state index in [1.54, 1.807) is 24.3 Å². The minimum absolute atomic E-state index is 0.0647. The fourth-order valence-electron chi connectivity index (χ4n) is 3.20. The van der Waals surface area contributed by atoms with Crippen LogP contribution >= 0.6 is 0 Å². The van der Waals surface area contributed by atoms with Gasteiger partial charge in [-0.1, -0.05) is 6.07 Å². The number of halogens is 3. The van der Waals surface area contributed by atoms with Gasteiger partial charge in [0, 0.05) is 18.2 Å². The van der Waals surface area contributed by atoms with Crippen LogP contribution in [0.25, 0.3) is 5.57 Å².